The third-order valence-corrected chi connectivity index (χ3v) is 5.29. The van der Waals surface area contributed by atoms with Gasteiger partial charge in [0.2, 0.25) is 0 Å². The number of nitrogens with zero attached hydrogens (tertiary/aromatic N) is 3. The quantitative estimate of drug-likeness (QED) is 0.805. The Kier molecular flexibility index (Phi) is 5.25. The van der Waals surface area contributed by atoms with Crippen LogP contribution in [0.5, 0.6) is 0 Å². The average Bonchev–Trinajstić information content (AvgIpc) is 2.73. The molecule has 7 heteroatoms. The number of piperazine rings is 1. The summed E-state index contributed by atoms with van der Waals surface area (Å²) in [7, 11) is 2.12. The Morgan fingerprint density at radius 2 is 1.96 bits per heavy atom. The summed E-state index contributed by atoms with van der Waals surface area (Å²) in [4.78, 5) is 33.6. The molecule has 146 valence electrons. The highest BCUT2D eigenvalue weighted by Gasteiger charge is 2.30. The van der Waals surface area contributed by atoms with Crippen LogP contribution in [0, 0.1) is 0 Å². The molecule has 0 aliphatic carbocycles. The van der Waals surface area contributed by atoms with E-state index >= 15 is 0 Å². The highest BCUT2D eigenvalue weighted by atomic mass is 16.5. The second-order valence-corrected chi connectivity index (χ2v) is 7.29. The van der Waals surface area contributed by atoms with E-state index in [4.69, 9.17) is 4.74 Å². The summed E-state index contributed by atoms with van der Waals surface area (Å²) >= 11 is 0. The first-order valence-electron chi connectivity index (χ1n) is 9.55. The van der Waals surface area contributed by atoms with E-state index in [0.29, 0.717) is 18.5 Å². The van der Waals surface area contributed by atoms with Crippen LogP contribution in [0.15, 0.2) is 42.6 Å². The molecule has 2 aromatic rings. The van der Waals surface area contributed by atoms with E-state index in [2.05, 4.69) is 27.1 Å². The molecule has 4 rings (SSSR count). The number of hydrogen-bond donors (Lipinski definition) is 1. The first kappa shape index (κ1) is 18.4. The first-order valence-corrected chi connectivity index (χ1v) is 9.55. The van der Waals surface area contributed by atoms with Crippen molar-refractivity contribution in [2.24, 2.45) is 0 Å². The van der Waals surface area contributed by atoms with Gasteiger partial charge in [-0.05, 0) is 30.3 Å². The van der Waals surface area contributed by atoms with Gasteiger partial charge in [-0.25, -0.2) is 9.78 Å². The molecule has 0 radical (unpaired) electrons. The molecule has 1 aromatic carbocycles. The van der Waals surface area contributed by atoms with E-state index in [1.54, 1.807) is 18.3 Å². The summed E-state index contributed by atoms with van der Waals surface area (Å²) in [5.41, 5.74) is 2.29. The number of fused-ring (bicyclic) bond motifs is 1. The van der Waals surface area contributed by atoms with Gasteiger partial charge >= 0.3 is 5.97 Å². The summed E-state index contributed by atoms with van der Waals surface area (Å²) < 4.78 is 5.29. The van der Waals surface area contributed by atoms with Crippen LogP contribution in [-0.2, 0) is 22.5 Å². The molecule has 28 heavy (non-hydrogen) atoms. The van der Waals surface area contributed by atoms with Crippen molar-refractivity contribution < 1.29 is 14.3 Å². The van der Waals surface area contributed by atoms with Crippen molar-refractivity contribution in [3.05, 3.63) is 59.3 Å². The van der Waals surface area contributed by atoms with Gasteiger partial charge in [0, 0.05) is 45.3 Å². The molecule has 1 N–H and O–H groups in total. The second-order valence-electron chi connectivity index (χ2n) is 7.29. The standard InChI is InChI=1S/C21H24N4O3/c1-24-8-10-25(11-9-24)19-7-6-15(13-22-19)14-23-20(26)18-12-16-4-2-3-5-17(16)21(27)28-18/h2-7,13,18H,8-12,14H2,1H3,(H,23,26). The van der Waals surface area contributed by atoms with E-state index in [1.807, 2.05) is 24.3 Å². The van der Waals surface area contributed by atoms with Crippen molar-refractivity contribution in [3.63, 3.8) is 0 Å². The van der Waals surface area contributed by atoms with Crippen molar-refractivity contribution in [1.29, 1.82) is 0 Å². The fourth-order valence-corrected chi connectivity index (χ4v) is 3.52. The number of benzene rings is 1. The summed E-state index contributed by atoms with van der Waals surface area (Å²) in [5, 5.41) is 2.85. The number of ether oxygens (including phenoxy) is 1. The van der Waals surface area contributed by atoms with Crippen molar-refractivity contribution in [2.45, 2.75) is 19.1 Å². The minimum absolute atomic E-state index is 0.286. The predicted molar refractivity (Wildman–Crippen MR) is 105 cm³/mol. The zero-order valence-corrected chi connectivity index (χ0v) is 15.9. The lowest BCUT2D eigenvalue weighted by atomic mass is 9.98. The molecule has 0 spiro atoms. The number of rotatable bonds is 4. The third kappa shape index (κ3) is 3.99. The maximum absolute atomic E-state index is 12.5. The van der Waals surface area contributed by atoms with E-state index < -0.39 is 12.1 Å². The van der Waals surface area contributed by atoms with E-state index in [1.165, 1.54) is 0 Å². The minimum atomic E-state index is -0.792. The molecule has 0 bridgehead atoms. The number of likely N-dealkylation sites (N-methyl/N-ethyl adjacent to an activating group) is 1. The molecule has 1 saturated heterocycles. The fraction of sp³-hybridized carbons (Fsp3) is 0.381. The lowest BCUT2D eigenvalue weighted by Crippen LogP contribution is -2.44. The average molecular weight is 380 g/mol. The summed E-state index contributed by atoms with van der Waals surface area (Å²) in [5.74, 6) is 0.229. The lowest BCUT2D eigenvalue weighted by molar-refractivity contribution is -0.130. The number of hydrogen-bond acceptors (Lipinski definition) is 6. The van der Waals surface area contributed by atoms with Gasteiger partial charge in [-0.3, -0.25) is 4.79 Å². The van der Waals surface area contributed by atoms with Crippen LogP contribution in [-0.4, -0.2) is 61.1 Å². The number of amides is 1. The van der Waals surface area contributed by atoms with Crippen LogP contribution in [0.3, 0.4) is 0 Å². The van der Waals surface area contributed by atoms with Crippen molar-refractivity contribution in [1.82, 2.24) is 15.2 Å². The van der Waals surface area contributed by atoms with Crippen molar-refractivity contribution in [2.75, 3.05) is 38.1 Å². The molecule has 2 aliphatic rings. The summed E-state index contributed by atoms with van der Waals surface area (Å²) in [6.07, 6.45) is 1.39. The number of anilines is 1. The van der Waals surface area contributed by atoms with Crippen molar-refractivity contribution >= 4 is 17.7 Å². The van der Waals surface area contributed by atoms with Gasteiger partial charge in [-0.2, -0.15) is 0 Å². The molecule has 3 heterocycles. The number of nitrogens with one attached hydrogen (secondary N) is 1. The van der Waals surface area contributed by atoms with Gasteiger partial charge in [-0.15, -0.1) is 0 Å². The highest BCUT2D eigenvalue weighted by Crippen LogP contribution is 2.20. The summed E-state index contributed by atoms with van der Waals surface area (Å²) in [6.45, 7) is 4.35. The molecule has 1 unspecified atom stereocenters. The van der Waals surface area contributed by atoms with Crippen LogP contribution in [0.1, 0.15) is 21.5 Å². The lowest BCUT2D eigenvalue weighted by Gasteiger charge is -2.33. The minimum Gasteiger partial charge on any atom is -0.448 e. The second kappa shape index (κ2) is 7.98. The van der Waals surface area contributed by atoms with Crippen LogP contribution in [0.2, 0.25) is 0 Å². The van der Waals surface area contributed by atoms with Gasteiger partial charge in [0.05, 0.1) is 5.56 Å². The Morgan fingerprint density at radius 3 is 2.71 bits per heavy atom. The van der Waals surface area contributed by atoms with Crippen LogP contribution in [0.25, 0.3) is 0 Å². The van der Waals surface area contributed by atoms with Gasteiger partial charge in [0.1, 0.15) is 5.82 Å². The van der Waals surface area contributed by atoms with E-state index in [0.717, 1.165) is 43.1 Å². The van der Waals surface area contributed by atoms with Gasteiger partial charge in [0.15, 0.2) is 6.10 Å². The van der Waals surface area contributed by atoms with Crippen molar-refractivity contribution in [3.8, 4) is 0 Å². The molecule has 1 amide bonds. The maximum Gasteiger partial charge on any atom is 0.339 e. The third-order valence-electron chi connectivity index (χ3n) is 5.29. The number of pyridine rings is 1. The Bertz CT molecular complexity index is 860. The monoisotopic (exact) mass is 380 g/mol. The smallest absolute Gasteiger partial charge is 0.339 e. The first-order chi connectivity index (χ1) is 13.6. The zero-order valence-electron chi connectivity index (χ0n) is 15.9. The van der Waals surface area contributed by atoms with Gasteiger partial charge in [-0.1, -0.05) is 24.3 Å². The number of aromatic nitrogens is 1. The normalized spacial score (nSPS) is 19.7. The molecular formula is C21H24N4O3. The molecule has 1 aromatic heterocycles. The Hall–Kier alpha value is -2.93. The summed E-state index contributed by atoms with van der Waals surface area (Å²) in [6, 6.07) is 11.2. The topological polar surface area (TPSA) is 74.8 Å². The molecular weight excluding hydrogens is 356 g/mol. The van der Waals surface area contributed by atoms with E-state index in [9.17, 15) is 9.59 Å². The van der Waals surface area contributed by atoms with Gasteiger partial charge in [0.25, 0.3) is 5.91 Å². The Morgan fingerprint density at radius 1 is 1.18 bits per heavy atom. The zero-order chi connectivity index (χ0) is 19.5. The number of esters is 1. The Balaban J connectivity index is 1.32. The van der Waals surface area contributed by atoms with E-state index in [-0.39, 0.29) is 5.91 Å². The highest BCUT2D eigenvalue weighted by molar-refractivity contribution is 5.95. The molecule has 1 fully saturated rings. The molecule has 7 nitrogen and oxygen atoms in total. The number of cyclic esters (lactones) is 1. The predicted octanol–water partition coefficient (Wildman–Crippen LogP) is 1.23. The fourth-order valence-electron chi connectivity index (χ4n) is 3.52. The maximum atomic E-state index is 12.5. The molecule has 1 atom stereocenters. The number of carbonyl (C=O) groups is 2. The largest absolute Gasteiger partial charge is 0.448 e. The number of carbonyl (C=O) groups excluding carboxylic acids is 2. The SMILES string of the molecule is CN1CCN(c2ccc(CNC(=O)C3Cc4ccccc4C(=O)O3)cn2)CC1. The van der Waals surface area contributed by atoms with Crippen LogP contribution >= 0.6 is 0 Å². The van der Waals surface area contributed by atoms with Crippen LogP contribution < -0.4 is 10.2 Å². The van der Waals surface area contributed by atoms with Crippen LogP contribution in [0.4, 0.5) is 5.82 Å². The molecule has 2 aliphatic heterocycles. The Labute approximate surface area is 164 Å². The van der Waals surface area contributed by atoms with Gasteiger partial charge < -0.3 is 19.9 Å². The molecule has 0 saturated carbocycles.